The van der Waals surface area contributed by atoms with Crippen LogP contribution in [0.15, 0.2) is 66.7 Å². The monoisotopic (exact) mass is 377 g/mol. The zero-order valence-electron chi connectivity index (χ0n) is 16.3. The maximum Gasteiger partial charge on any atom is 0.244 e. The van der Waals surface area contributed by atoms with E-state index in [1.807, 2.05) is 60.4 Å². The number of piperazine rings is 1. The summed E-state index contributed by atoms with van der Waals surface area (Å²) in [7, 11) is 0. The molecule has 0 aromatic heterocycles. The van der Waals surface area contributed by atoms with E-state index in [4.69, 9.17) is 0 Å². The van der Waals surface area contributed by atoms with Gasteiger partial charge in [-0.2, -0.15) is 0 Å². The van der Waals surface area contributed by atoms with Gasteiger partial charge < -0.3 is 15.1 Å². The average molecular weight is 377 g/mol. The van der Waals surface area contributed by atoms with E-state index < -0.39 is 0 Å². The number of hydrogen-bond donors (Lipinski definition) is 1. The molecule has 0 aliphatic carbocycles. The first kappa shape index (κ1) is 19.7. The third-order valence-electron chi connectivity index (χ3n) is 4.97. The first-order valence-electron chi connectivity index (χ1n) is 9.73. The van der Waals surface area contributed by atoms with Crippen LogP contribution in [0.5, 0.6) is 0 Å². The van der Waals surface area contributed by atoms with E-state index in [9.17, 15) is 9.59 Å². The number of nitrogens with zero attached hydrogens (tertiary/aromatic N) is 2. The van der Waals surface area contributed by atoms with Gasteiger partial charge in [0.1, 0.15) is 0 Å². The highest BCUT2D eigenvalue weighted by atomic mass is 16.2. The van der Waals surface area contributed by atoms with Crippen LogP contribution in [-0.4, -0.2) is 49.4 Å². The van der Waals surface area contributed by atoms with Gasteiger partial charge in [0, 0.05) is 50.9 Å². The summed E-state index contributed by atoms with van der Waals surface area (Å²) in [5, 5.41) is 2.81. The largest absolute Gasteiger partial charge is 0.368 e. The van der Waals surface area contributed by atoms with Gasteiger partial charge in [0.25, 0.3) is 0 Å². The quantitative estimate of drug-likeness (QED) is 0.788. The minimum atomic E-state index is -0.164. The average Bonchev–Trinajstić information content (AvgIpc) is 2.75. The van der Waals surface area contributed by atoms with Gasteiger partial charge in [-0.3, -0.25) is 9.59 Å². The second-order valence-electron chi connectivity index (χ2n) is 6.94. The second kappa shape index (κ2) is 9.74. The molecule has 2 amide bonds. The Morgan fingerprint density at radius 1 is 0.929 bits per heavy atom. The molecule has 2 aromatic rings. The number of allylic oxidation sites excluding steroid dienone is 1. The molecule has 1 aliphatic heterocycles. The van der Waals surface area contributed by atoms with Crippen LogP contribution in [0, 0.1) is 0 Å². The van der Waals surface area contributed by atoms with Crippen molar-refractivity contribution in [3.8, 4) is 0 Å². The zero-order valence-corrected chi connectivity index (χ0v) is 16.3. The number of rotatable bonds is 6. The number of para-hydroxylation sites is 1. The van der Waals surface area contributed by atoms with Gasteiger partial charge in [-0.05, 0) is 30.2 Å². The van der Waals surface area contributed by atoms with Gasteiger partial charge in [-0.25, -0.2) is 0 Å². The molecule has 5 heteroatoms. The molecule has 1 N–H and O–H groups in total. The van der Waals surface area contributed by atoms with Crippen molar-refractivity contribution in [2.75, 3.05) is 37.6 Å². The van der Waals surface area contributed by atoms with E-state index in [0.29, 0.717) is 26.1 Å². The predicted octanol–water partition coefficient (Wildman–Crippen LogP) is 2.95. The third-order valence-corrected chi connectivity index (χ3v) is 4.97. The Morgan fingerprint density at radius 2 is 1.54 bits per heavy atom. The summed E-state index contributed by atoms with van der Waals surface area (Å²) >= 11 is 0. The molecule has 1 heterocycles. The first-order valence-corrected chi connectivity index (χ1v) is 9.73. The summed E-state index contributed by atoms with van der Waals surface area (Å²) < 4.78 is 0. The van der Waals surface area contributed by atoms with Gasteiger partial charge in [0.05, 0.1) is 0 Å². The lowest BCUT2D eigenvalue weighted by Crippen LogP contribution is -2.49. The maximum atomic E-state index is 12.4. The van der Waals surface area contributed by atoms with Crippen molar-refractivity contribution in [1.29, 1.82) is 0 Å². The van der Waals surface area contributed by atoms with Gasteiger partial charge in [-0.15, -0.1) is 0 Å². The van der Waals surface area contributed by atoms with Gasteiger partial charge in [-0.1, -0.05) is 48.5 Å². The van der Waals surface area contributed by atoms with Crippen molar-refractivity contribution >= 4 is 23.1 Å². The second-order valence-corrected chi connectivity index (χ2v) is 6.94. The Labute approximate surface area is 166 Å². The SMILES string of the molecule is C/C(=C\C(=O)NCCC(=O)N1CCN(c2ccccc2)CC1)c1ccccc1. The molecular formula is C23H27N3O2. The van der Waals surface area contributed by atoms with Crippen LogP contribution in [0.4, 0.5) is 5.69 Å². The van der Waals surface area contributed by atoms with Crippen LogP contribution in [0.2, 0.25) is 0 Å². The topological polar surface area (TPSA) is 52.7 Å². The fourth-order valence-electron chi connectivity index (χ4n) is 3.34. The number of amides is 2. The Kier molecular flexibility index (Phi) is 6.84. The molecule has 1 fully saturated rings. The summed E-state index contributed by atoms with van der Waals surface area (Å²) in [6.07, 6.45) is 1.91. The minimum Gasteiger partial charge on any atom is -0.368 e. The summed E-state index contributed by atoms with van der Waals surface area (Å²) in [6.45, 7) is 5.37. The summed E-state index contributed by atoms with van der Waals surface area (Å²) in [6, 6.07) is 20.0. The summed E-state index contributed by atoms with van der Waals surface area (Å²) in [5.74, 6) is -0.0696. The van der Waals surface area contributed by atoms with Crippen molar-refractivity contribution in [2.24, 2.45) is 0 Å². The van der Waals surface area contributed by atoms with Gasteiger partial charge >= 0.3 is 0 Å². The van der Waals surface area contributed by atoms with E-state index in [2.05, 4.69) is 22.3 Å². The highest BCUT2D eigenvalue weighted by molar-refractivity contribution is 5.95. The van der Waals surface area contributed by atoms with Crippen LogP contribution >= 0.6 is 0 Å². The van der Waals surface area contributed by atoms with E-state index >= 15 is 0 Å². The standard InChI is InChI=1S/C23H27N3O2/c1-19(20-8-4-2-5-9-20)18-22(27)24-13-12-23(28)26-16-14-25(15-17-26)21-10-6-3-7-11-21/h2-11,18H,12-17H2,1H3,(H,24,27)/b19-18+. The Balaban J connectivity index is 1.39. The lowest BCUT2D eigenvalue weighted by atomic mass is 10.1. The highest BCUT2D eigenvalue weighted by Crippen LogP contribution is 2.16. The molecule has 3 rings (SSSR count). The molecule has 1 aliphatic rings. The molecule has 5 nitrogen and oxygen atoms in total. The lowest BCUT2D eigenvalue weighted by molar-refractivity contribution is -0.131. The minimum absolute atomic E-state index is 0.0942. The fourth-order valence-corrected chi connectivity index (χ4v) is 3.34. The van der Waals surface area contributed by atoms with Crippen LogP contribution < -0.4 is 10.2 Å². The third kappa shape index (κ3) is 5.46. The van der Waals surface area contributed by atoms with Crippen molar-refractivity contribution in [3.63, 3.8) is 0 Å². The molecule has 28 heavy (non-hydrogen) atoms. The van der Waals surface area contributed by atoms with Crippen LogP contribution in [0.25, 0.3) is 5.57 Å². The molecule has 2 aromatic carbocycles. The smallest absolute Gasteiger partial charge is 0.244 e. The number of carbonyl (C=O) groups is 2. The van der Waals surface area contributed by atoms with Gasteiger partial charge in [0.15, 0.2) is 0 Å². The Hall–Kier alpha value is -3.08. The fraction of sp³-hybridized carbons (Fsp3) is 0.304. The highest BCUT2D eigenvalue weighted by Gasteiger charge is 2.20. The number of carbonyl (C=O) groups excluding carboxylic acids is 2. The number of anilines is 1. The van der Waals surface area contributed by atoms with Crippen molar-refractivity contribution in [1.82, 2.24) is 10.2 Å². The maximum absolute atomic E-state index is 12.4. The van der Waals surface area contributed by atoms with E-state index in [-0.39, 0.29) is 11.8 Å². The van der Waals surface area contributed by atoms with Gasteiger partial charge in [0.2, 0.25) is 11.8 Å². The van der Waals surface area contributed by atoms with Crippen molar-refractivity contribution < 1.29 is 9.59 Å². The number of nitrogens with one attached hydrogen (secondary N) is 1. The normalized spacial score (nSPS) is 14.7. The number of hydrogen-bond acceptors (Lipinski definition) is 3. The van der Waals surface area contributed by atoms with Crippen LogP contribution in [0.3, 0.4) is 0 Å². The van der Waals surface area contributed by atoms with E-state index in [1.165, 1.54) is 5.69 Å². The molecule has 0 spiro atoms. The Bertz CT molecular complexity index is 810. The molecular weight excluding hydrogens is 350 g/mol. The molecule has 1 saturated heterocycles. The summed E-state index contributed by atoms with van der Waals surface area (Å²) in [5.41, 5.74) is 3.12. The van der Waals surface area contributed by atoms with Crippen molar-refractivity contribution in [3.05, 3.63) is 72.3 Å². The van der Waals surface area contributed by atoms with E-state index in [1.54, 1.807) is 6.08 Å². The molecule has 0 unspecified atom stereocenters. The number of benzene rings is 2. The molecule has 0 bridgehead atoms. The lowest BCUT2D eigenvalue weighted by Gasteiger charge is -2.36. The molecule has 0 atom stereocenters. The molecule has 0 saturated carbocycles. The zero-order chi connectivity index (χ0) is 19.8. The molecule has 146 valence electrons. The van der Waals surface area contributed by atoms with Crippen molar-refractivity contribution in [2.45, 2.75) is 13.3 Å². The van der Waals surface area contributed by atoms with Crippen LogP contribution in [-0.2, 0) is 9.59 Å². The first-order chi connectivity index (χ1) is 13.6. The molecule has 0 radical (unpaired) electrons. The predicted molar refractivity (Wildman–Crippen MR) is 113 cm³/mol. The van der Waals surface area contributed by atoms with E-state index in [0.717, 1.165) is 24.2 Å². The van der Waals surface area contributed by atoms with Crippen LogP contribution in [0.1, 0.15) is 18.9 Å². The summed E-state index contributed by atoms with van der Waals surface area (Å²) in [4.78, 5) is 28.7. The Morgan fingerprint density at radius 3 is 2.18 bits per heavy atom.